The Morgan fingerprint density at radius 2 is 2.00 bits per heavy atom. The second-order valence-corrected chi connectivity index (χ2v) is 8.40. The summed E-state index contributed by atoms with van der Waals surface area (Å²) >= 11 is 0. The summed E-state index contributed by atoms with van der Waals surface area (Å²) in [5.74, 6) is 0.177. The van der Waals surface area contributed by atoms with Crippen molar-refractivity contribution in [2.75, 3.05) is 13.1 Å². The molecule has 3 aromatic heterocycles. The van der Waals surface area contributed by atoms with Gasteiger partial charge in [0.05, 0.1) is 5.69 Å². The van der Waals surface area contributed by atoms with Crippen molar-refractivity contribution in [1.82, 2.24) is 29.7 Å². The first kappa shape index (κ1) is 20.0. The van der Waals surface area contributed by atoms with Gasteiger partial charge in [-0.05, 0) is 44.2 Å². The number of aromatic amines is 1. The molecule has 0 spiro atoms. The van der Waals surface area contributed by atoms with Crippen LogP contribution in [-0.4, -0.2) is 48.7 Å². The molecule has 1 atom stereocenters. The SMILES string of the molecule is CCc1cc(C(F)(F)F)n2nc([C@@H]3CCCN(C(=O)c4cc(C5CC5)[nH]n4)C3)cc2n1. The third-order valence-electron chi connectivity index (χ3n) is 6.11. The zero-order valence-corrected chi connectivity index (χ0v) is 17.1. The van der Waals surface area contributed by atoms with Gasteiger partial charge in [-0.15, -0.1) is 0 Å². The second-order valence-electron chi connectivity index (χ2n) is 8.40. The minimum atomic E-state index is -4.53. The average Bonchev–Trinajstić information content (AvgIpc) is 3.32. The molecule has 5 rings (SSSR count). The number of carbonyl (C=O) groups excluding carboxylic acids is 1. The molecule has 3 aromatic rings. The third-order valence-corrected chi connectivity index (χ3v) is 6.11. The molecule has 1 saturated heterocycles. The fourth-order valence-corrected chi connectivity index (χ4v) is 4.24. The monoisotopic (exact) mass is 432 g/mol. The summed E-state index contributed by atoms with van der Waals surface area (Å²) in [4.78, 5) is 19.0. The number of hydrogen-bond donors (Lipinski definition) is 1. The highest BCUT2D eigenvalue weighted by Crippen LogP contribution is 2.39. The van der Waals surface area contributed by atoms with Gasteiger partial charge in [-0.1, -0.05) is 6.92 Å². The average molecular weight is 432 g/mol. The lowest BCUT2D eigenvalue weighted by atomic mass is 9.94. The van der Waals surface area contributed by atoms with E-state index >= 15 is 0 Å². The Bertz CT molecular complexity index is 1130. The molecular weight excluding hydrogens is 409 g/mol. The number of nitrogens with one attached hydrogen (secondary N) is 1. The Balaban J connectivity index is 1.41. The van der Waals surface area contributed by atoms with Gasteiger partial charge < -0.3 is 4.90 Å². The Labute approximate surface area is 176 Å². The Kier molecular flexibility index (Phi) is 4.75. The van der Waals surface area contributed by atoms with Crippen molar-refractivity contribution in [2.45, 2.75) is 57.0 Å². The molecule has 31 heavy (non-hydrogen) atoms. The molecule has 1 N–H and O–H groups in total. The second kappa shape index (κ2) is 7.35. The van der Waals surface area contributed by atoms with Crippen molar-refractivity contribution in [1.29, 1.82) is 0 Å². The van der Waals surface area contributed by atoms with Gasteiger partial charge in [0.25, 0.3) is 5.91 Å². The third kappa shape index (κ3) is 3.79. The fourth-order valence-electron chi connectivity index (χ4n) is 4.24. The number of fused-ring (bicyclic) bond motifs is 1. The molecule has 164 valence electrons. The van der Waals surface area contributed by atoms with E-state index in [1.54, 1.807) is 17.9 Å². The molecule has 0 bridgehead atoms. The minimum absolute atomic E-state index is 0.146. The van der Waals surface area contributed by atoms with Gasteiger partial charge in [0, 0.05) is 42.4 Å². The van der Waals surface area contributed by atoms with Crippen LogP contribution < -0.4 is 0 Å². The van der Waals surface area contributed by atoms with Crippen LogP contribution in [0.4, 0.5) is 13.2 Å². The van der Waals surface area contributed by atoms with Crippen molar-refractivity contribution in [3.8, 4) is 0 Å². The van der Waals surface area contributed by atoms with Gasteiger partial charge >= 0.3 is 6.18 Å². The number of hydrogen-bond acceptors (Lipinski definition) is 4. The summed E-state index contributed by atoms with van der Waals surface area (Å²) in [5, 5.41) is 11.4. The number of halogens is 3. The number of H-pyrrole nitrogens is 1. The first-order chi connectivity index (χ1) is 14.8. The predicted molar refractivity (Wildman–Crippen MR) is 106 cm³/mol. The van der Waals surface area contributed by atoms with E-state index < -0.39 is 11.9 Å². The van der Waals surface area contributed by atoms with Crippen molar-refractivity contribution < 1.29 is 18.0 Å². The Morgan fingerprint density at radius 1 is 1.19 bits per heavy atom. The zero-order chi connectivity index (χ0) is 21.8. The number of amides is 1. The van der Waals surface area contributed by atoms with Gasteiger partial charge in [-0.2, -0.15) is 23.4 Å². The number of aryl methyl sites for hydroxylation is 1. The molecular formula is C21H23F3N6O. The normalized spacial score (nSPS) is 19.9. The van der Waals surface area contributed by atoms with Crippen LogP contribution in [0.5, 0.6) is 0 Å². The van der Waals surface area contributed by atoms with E-state index in [-0.39, 0.29) is 17.5 Å². The Hall–Kier alpha value is -2.91. The van der Waals surface area contributed by atoms with Gasteiger partial charge in [0.15, 0.2) is 5.65 Å². The molecule has 0 radical (unpaired) electrons. The van der Waals surface area contributed by atoms with Crippen LogP contribution in [0, 0.1) is 0 Å². The molecule has 1 aliphatic heterocycles. The summed E-state index contributed by atoms with van der Waals surface area (Å²) in [5.41, 5.74) is 1.65. The standard InChI is InChI=1S/C21H23F3N6O/c1-2-14-8-18(21(22,23)24)30-19(25-14)10-16(28-30)13-4-3-7-29(11-13)20(31)17-9-15(26-27-17)12-5-6-12/h8-10,12-13H,2-7,11H2,1H3,(H,26,27)/t13-/m1/s1. The van der Waals surface area contributed by atoms with Crippen LogP contribution in [0.3, 0.4) is 0 Å². The van der Waals surface area contributed by atoms with E-state index in [2.05, 4.69) is 20.3 Å². The molecule has 0 unspecified atom stereocenters. The van der Waals surface area contributed by atoms with Crippen LogP contribution in [0.2, 0.25) is 0 Å². The molecule has 2 fully saturated rings. The zero-order valence-electron chi connectivity index (χ0n) is 17.1. The lowest BCUT2D eigenvalue weighted by Gasteiger charge is -2.31. The molecule has 1 amide bonds. The van der Waals surface area contributed by atoms with Gasteiger partial charge in [0.1, 0.15) is 11.4 Å². The van der Waals surface area contributed by atoms with Crippen LogP contribution in [0.1, 0.15) is 77.7 Å². The van der Waals surface area contributed by atoms with Crippen LogP contribution in [0.25, 0.3) is 5.65 Å². The predicted octanol–water partition coefficient (Wildman–Crippen LogP) is 3.93. The van der Waals surface area contributed by atoms with Crippen molar-refractivity contribution in [3.05, 3.63) is 46.7 Å². The maximum absolute atomic E-state index is 13.6. The summed E-state index contributed by atoms with van der Waals surface area (Å²) in [7, 11) is 0. The van der Waals surface area contributed by atoms with Crippen LogP contribution >= 0.6 is 0 Å². The van der Waals surface area contributed by atoms with Crippen molar-refractivity contribution >= 4 is 11.6 Å². The van der Waals surface area contributed by atoms with E-state index in [4.69, 9.17) is 0 Å². The van der Waals surface area contributed by atoms with Gasteiger partial charge in [-0.25, -0.2) is 9.50 Å². The summed E-state index contributed by atoms with van der Waals surface area (Å²) < 4.78 is 41.5. The molecule has 10 heteroatoms. The minimum Gasteiger partial charge on any atom is -0.337 e. The van der Waals surface area contributed by atoms with Crippen LogP contribution in [-0.2, 0) is 12.6 Å². The number of aromatic nitrogens is 5. The molecule has 0 aromatic carbocycles. The quantitative estimate of drug-likeness (QED) is 0.678. The number of nitrogens with zero attached hydrogens (tertiary/aromatic N) is 5. The lowest BCUT2D eigenvalue weighted by Crippen LogP contribution is -2.39. The Morgan fingerprint density at radius 3 is 2.71 bits per heavy atom. The fraction of sp³-hybridized carbons (Fsp3) is 0.524. The lowest BCUT2D eigenvalue weighted by molar-refractivity contribution is -0.142. The van der Waals surface area contributed by atoms with Crippen molar-refractivity contribution in [2.24, 2.45) is 0 Å². The first-order valence-corrected chi connectivity index (χ1v) is 10.6. The number of piperidine rings is 1. The van der Waals surface area contributed by atoms with E-state index in [1.807, 2.05) is 6.07 Å². The highest BCUT2D eigenvalue weighted by molar-refractivity contribution is 5.92. The maximum Gasteiger partial charge on any atom is 0.433 e. The molecule has 4 heterocycles. The molecule has 1 saturated carbocycles. The van der Waals surface area contributed by atoms with Gasteiger partial charge in [0.2, 0.25) is 0 Å². The van der Waals surface area contributed by atoms with E-state index in [1.165, 1.54) is 0 Å². The summed E-state index contributed by atoms with van der Waals surface area (Å²) in [6.45, 7) is 2.77. The van der Waals surface area contributed by atoms with E-state index in [0.29, 0.717) is 42.5 Å². The number of alkyl halides is 3. The number of likely N-dealkylation sites (tertiary alicyclic amines) is 1. The highest BCUT2D eigenvalue weighted by atomic mass is 19.4. The molecule has 2 aliphatic rings. The smallest absolute Gasteiger partial charge is 0.337 e. The molecule has 1 aliphatic carbocycles. The first-order valence-electron chi connectivity index (χ1n) is 10.6. The largest absolute Gasteiger partial charge is 0.433 e. The summed E-state index contributed by atoms with van der Waals surface area (Å²) in [6, 6.07) is 4.49. The van der Waals surface area contributed by atoms with Gasteiger partial charge in [-0.3, -0.25) is 9.89 Å². The highest BCUT2D eigenvalue weighted by Gasteiger charge is 2.36. The maximum atomic E-state index is 13.6. The number of carbonyl (C=O) groups is 1. The number of rotatable bonds is 4. The topological polar surface area (TPSA) is 79.2 Å². The van der Waals surface area contributed by atoms with E-state index in [0.717, 1.165) is 42.0 Å². The molecule has 7 nitrogen and oxygen atoms in total. The summed E-state index contributed by atoms with van der Waals surface area (Å²) in [6.07, 6.45) is -0.389. The van der Waals surface area contributed by atoms with Crippen LogP contribution in [0.15, 0.2) is 18.2 Å². The van der Waals surface area contributed by atoms with E-state index in [9.17, 15) is 18.0 Å². The van der Waals surface area contributed by atoms with Crippen molar-refractivity contribution in [3.63, 3.8) is 0 Å².